The van der Waals surface area contributed by atoms with E-state index in [1.807, 2.05) is 17.0 Å². The number of alkyl halides is 3. The number of fused-ring (bicyclic) bond motifs is 1. The fourth-order valence-electron chi connectivity index (χ4n) is 4.23. The van der Waals surface area contributed by atoms with Crippen molar-refractivity contribution in [3.05, 3.63) is 41.5 Å². The number of benzene rings is 1. The van der Waals surface area contributed by atoms with Crippen LogP contribution in [0.3, 0.4) is 0 Å². The fourth-order valence-corrected chi connectivity index (χ4v) is 5.18. The number of hydrogen-bond acceptors (Lipinski definition) is 8. The lowest BCUT2D eigenvalue weighted by atomic mass is 9.96. The summed E-state index contributed by atoms with van der Waals surface area (Å²) in [6.07, 6.45) is -2.22. The largest absolute Gasteiger partial charge is 0.434 e. The lowest BCUT2D eigenvalue weighted by Crippen LogP contribution is -2.33. The molecule has 1 aromatic carbocycles. The van der Waals surface area contributed by atoms with Crippen LogP contribution < -0.4 is 10.6 Å². The van der Waals surface area contributed by atoms with Crippen molar-refractivity contribution in [2.75, 3.05) is 23.7 Å². The van der Waals surface area contributed by atoms with Gasteiger partial charge >= 0.3 is 12.2 Å². The summed E-state index contributed by atoms with van der Waals surface area (Å²) in [5.74, 6) is 0.621. The minimum Gasteiger partial charge on any atom is -0.403 e. The molecule has 4 heterocycles. The van der Waals surface area contributed by atoms with Crippen LogP contribution in [0.25, 0.3) is 21.5 Å². The summed E-state index contributed by atoms with van der Waals surface area (Å²) in [5.41, 5.74) is 6.14. The summed E-state index contributed by atoms with van der Waals surface area (Å²) in [4.78, 5) is 5.74. The van der Waals surface area contributed by atoms with E-state index in [0.717, 1.165) is 10.9 Å². The number of halogens is 3. The molecule has 0 radical (unpaired) electrons. The maximum absolute atomic E-state index is 13.0. The van der Waals surface area contributed by atoms with Crippen LogP contribution in [0, 0.1) is 11.3 Å². The molecule has 170 valence electrons. The molecule has 3 aromatic heterocycles. The van der Waals surface area contributed by atoms with Crippen LogP contribution in [0.1, 0.15) is 35.8 Å². The van der Waals surface area contributed by atoms with E-state index in [-0.39, 0.29) is 11.8 Å². The van der Waals surface area contributed by atoms with Crippen LogP contribution in [0.2, 0.25) is 0 Å². The van der Waals surface area contributed by atoms with E-state index in [0.29, 0.717) is 59.3 Å². The fraction of sp³-hybridized carbons (Fsp3) is 0.333. The zero-order valence-corrected chi connectivity index (χ0v) is 18.2. The first-order chi connectivity index (χ1) is 15.8. The van der Waals surface area contributed by atoms with E-state index < -0.39 is 11.9 Å². The monoisotopic (exact) mass is 473 g/mol. The van der Waals surface area contributed by atoms with Gasteiger partial charge in [-0.05, 0) is 25.0 Å². The Morgan fingerprint density at radius 1 is 1.24 bits per heavy atom. The average Bonchev–Trinajstić information content (AvgIpc) is 3.49. The number of imidazole rings is 1. The van der Waals surface area contributed by atoms with Crippen LogP contribution in [0.4, 0.5) is 24.2 Å². The van der Waals surface area contributed by atoms with Crippen molar-refractivity contribution in [1.29, 1.82) is 5.26 Å². The minimum absolute atomic E-state index is 0.0922. The molecule has 0 atom stereocenters. The molecule has 4 aromatic rings. The van der Waals surface area contributed by atoms with Crippen LogP contribution in [0.15, 0.2) is 28.8 Å². The van der Waals surface area contributed by atoms with E-state index in [2.05, 4.69) is 21.3 Å². The molecular formula is C21H18F3N7OS. The Kier molecular flexibility index (Phi) is 5.01. The van der Waals surface area contributed by atoms with Gasteiger partial charge in [-0.15, -0.1) is 16.4 Å². The van der Waals surface area contributed by atoms with Crippen molar-refractivity contribution in [2.45, 2.75) is 24.9 Å². The average molecular weight is 473 g/mol. The van der Waals surface area contributed by atoms with Gasteiger partial charge in [0.1, 0.15) is 16.9 Å². The SMILES string of the molecule is Cn1cc(C(F)(F)F)nc1C1CCN(c2nnc(-c3cccc4sc(N)c(C#N)c34)o2)CC1. The second-order valence-corrected chi connectivity index (χ2v) is 8.96. The molecule has 33 heavy (non-hydrogen) atoms. The van der Waals surface area contributed by atoms with Crippen LogP contribution in [0.5, 0.6) is 0 Å². The van der Waals surface area contributed by atoms with Crippen LogP contribution >= 0.6 is 11.3 Å². The molecule has 2 N–H and O–H groups in total. The Labute approximate surface area is 190 Å². The number of piperidine rings is 1. The van der Waals surface area contributed by atoms with Gasteiger partial charge in [-0.2, -0.15) is 18.4 Å². The summed E-state index contributed by atoms with van der Waals surface area (Å²) in [7, 11) is 1.58. The Hall–Kier alpha value is -3.59. The molecule has 1 fully saturated rings. The molecule has 0 bridgehead atoms. The van der Waals surface area contributed by atoms with E-state index in [1.54, 1.807) is 13.1 Å². The number of aryl methyl sites for hydroxylation is 1. The van der Waals surface area contributed by atoms with Crippen molar-refractivity contribution >= 4 is 32.4 Å². The summed E-state index contributed by atoms with van der Waals surface area (Å²) >= 11 is 1.33. The Balaban J connectivity index is 1.35. The summed E-state index contributed by atoms with van der Waals surface area (Å²) in [5, 5.41) is 19.0. The summed E-state index contributed by atoms with van der Waals surface area (Å²) in [6, 6.07) is 8.00. The number of hydrogen-bond donors (Lipinski definition) is 1. The number of aromatic nitrogens is 4. The van der Waals surface area contributed by atoms with E-state index in [9.17, 15) is 18.4 Å². The predicted octanol–water partition coefficient (Wildman–Crippen LogP) is 4.54. The third-order valence-electron chi connectivity index (χ3n) is 5.83. The number of rotatable bonds is 3. The molecule has 8 nitrogen and oxygen atoms in total. The molecule has 1 saturated heterocycles. The van der Waals surface area contributed by atoms with Gasteiger partial charge < -0.3 is 19.6 Å². The van der Waals surface area contributed by atoms with E-state index in [1.165, 1.54) is 15.9 Å². The highest BCUT2D eigenvalue weighted by Crippen LogP contribution is 2.40. The number of thiophene rings is 1. The van der Waals surface area contributed by atoms with Gasteiger partial charge in [0.05, 0.1) is 5.56 Å². The van der Waals surface area contributed by atoms with Crippen molar-refractivity contribution in [1.82, 2.24) is 19.7 Å². The molecule has 0 spiro atoms. The van der Waals surface area contributed by atoms with Gasteiger partial charge in [0.25, 0.3) is 0 Å². The van der Waals surface area contributed by atoms with Crippen molar-refractivity contribution in [2.24, 2.45) is 7.05 Å². The lowest BCUT2D eigenvalue weighted by molar-refractivity contribution is -0.141. The Morgan fingerprint density at radius 2 is 2.00 bits per heavy atom. The van der Waals surface area contributed by atoms with Gasteiger partial charge in [-0.25, -0.2) is 4.98 Å². The van der Waals surface area contributed by atoms with Crippen LogP contribution in [-0.4, -0.2) is 32.8 Å². The maximum Gasteiger partial charge on any atom is 0.434 e. The molecule has 5 rings (SSSR count). The van der Waals surface area contributed by atoms with Gasteiger partial charge in [-0.3, -0.25) is 0 Å². The third kappa shape index (κ3) is 3.68. The predicted molar refractivity (Wildman–Crippen MR) is 117 cm³/mol. The van der Waals surface area contributed by atoms with Crippen molar-refractivity contribution < 1.29 is 17.6 Å². The normalized spacial score (nSPS) is 15.3. The zero-order chi connectivity index (χ0) is 23.3. The molecule has 0 unspecified atom stereocenters. The number of nitrogens with two attached hydrogens (primary N) is 1. The van der Waals surface area contributed by atoms with Crippen molar-refractivity contribution in [3.8, 4) is 17.5 Å². The standard InChI is InChI=1S/C21H18F3N7OS/c1-30-10-15(21(22,23)24)27-18(30)11-5-7-31(8-6-11)20-29-28-19(32-20)12-3-2-4-14-16(12)13(9-25)17(26)33-14/h2-4,10-11H,5-8,26H2,1H3. The highest BCUT2D eigenvalue weighted by molar-refractivity contribution is 7.23. The van der Waals surface area contributed by atoms with Gasteiger partial charge in [0.2, 0.25) is 5.89 Å². The first-order valence-corrected chi connectivity index (χ1v) is 11.0. The number of nitrogen functional groups attached to an aromatic ring is 1. The maximum atomic E-state index is 13.0. The number of nitrogens with zero attached hydrogens (tertiary/aromatic N) is 6. The zero-order valence-electron chi connectivity index (χ0n) is 17.4. The summed E-state index contributed by atoms with van der Waals surface area (Å²) in [6.45, 7) is 1.08. The topological polar surface area (TPSA) is 110 Å². The number of anilines is 2. The summed E-state index contributed by atoms with van der Waals surface area (Å²) < 4.78 is 47.2. The van der Waals surface area contributed by atoms with E-state index in [4.69, 9.17) is 10.2 Å². The highest BCUT2D eigenvalue weighted by Gasteiger charge is 2.36. The van der Waals surface area contributed by atoms with Gasteiger partial charge in [0, 0.05) is 47.9 Å². The molecule has 1 aliphatic rings. The molecule has 12 heteroatoms. The van der Waals surface area contributed by atoms with Gasteiger partial charge in [-0.1, -0.05) is 11.2 Å². The second kappa shape index (κ2) is 7.77. The van der Waals surface area contributed by atoms with Gasteiger partial charge in [0.15, 0.2) is 5.69 Å². The smallest absolute Gasteiger partial charge is 0.403 e. The third-order valence-corrected chi connectivity index (χ3v) is 6.82. The molecular weight excluding hydrogens is 455 g/mol. The number of nitriles is 1. The molecule has 0 saturated carbocycles. The molecule has 0 amide bonds. The molecule has 0 aliphatic carbocycles. The lowest BCUT2D eigenvalue weighted by Gasteiger charge is -2.30. The second-order valence-electron chi connectivity index (χ2n) is 7.88. The Bertz CT molecular complexity index is 1370. The Morgan fingerprint density at radius 3 is 2.67 bits per heavy atom. The van der Waals surface area contributed by atoms with E-state index >= 15 is 0 Å². The first-order valence-electron chi connectivity index (χ1n) is 10.2. The van der Waals surface area contributed by atoms with Crippen molar-refractivity contribution in [3.63, 3.8) is 0 Å². The van der Waals surface area contributed by atoms with Crippen LogP contribution in [-0.2, 0) is 13.2 Å². The quantitative estimate of drug-likeness (QED) is 0.465. The highest BCUT2D eigenvalue weighted by atomic mass is 32.1. The first kappa shape index (κ1) is 21.3. The minimum atomic E-state index is -4.46. The molecule has 1 aliphatic heterocycles.